The van der Waals surface area contributed by atoms with Gasteiger partial charge in [-0.1, -0.05) is 6.07 Å². The molecule has 0 saturated carbocycles. The van der Waals surface area contributed by atoms with Gasteiger partial charge in [-0.2, -0.15) is 0 Å². The fraction of sp³-hybridized carbons (Fsp3) is 0.462. The molecule has 0 aromatic heterocycles. The normalized spacial score (nSPS) is 19.0. The predicted molar refractivity (Wildman–Crippen MR) is 64.3 cm³/mol. The largest absolute Gasteiger partial charge is 0.489 e. The minimum absolute atomic E-state index is 0.201. The zero-order valence-corrected chi connectivity index (χ0v) is 9.94. The molecule has 0 amide bonds. The minimum Gasteiger partial charge on any atom is -0.489 e. The fourth-order valence-corrected chi connectivity index (χ4v) is 1.83. The maximum atomic E-state index is 11.5. The molecule has 0 spiro atoms. The van der Waals surface area contributed by atoms with Gasteiger partial charge in [0.2, 0.25) is 0 Å². The summed E-state index contributed by atoms with van der Waals surface area (Å²) in [6.07, 6.45) is 1.20. The monoisotopic (exact) mass is 235 g/mol. The van der Waals surface area contributed by atoms with Crippen molar-refractivity contribution < 1.29 is 14.3 Å². The number of nitrogens with one attached hydrogen (secondary N) is 1. The number of carbonyl (C=O) groups excluding carboxylic acids is 1. The summed E-state index contributed by atoms with van der Waals surface area (Å²) in [5.41, 5.74) is 0.537. The molecule has 2 rings (SSSR count). The van der Waals surface area contributed by atoms with E-state index >= 15 is 0 Å². The third-order valence-electron chi connectivity index (χ3n) is 2.66. The molecule has 4 heteroatoms. The number of rotatable bonds is 4. The molecule has 1 saturated heterocycles. The lowest BCUT2D eigenvalue weighted by atomic mass is 10.2. The summed E-state index contributed by atoms with van der Waals surface area (Å²) in [6.45, 7) is 4.03. The Labute approximate surface area is 101 Å². The summed E-state index contributed by atoms with van der Waals surface area (Å²) < 4.78 is 10.7. The van der Waals surface area contributed by atoms with E-state index in [-0.39, 0.29) is 12.1 Å². The lowest BCUT2D eigenvalue weighted by molar-refractivity contribution is 0.0525. The van der Waals surface area contributed by atoms with Gasteiger partial charge in [0.15, 0.2) is 0 Å². The number of hydrogen-bond acceptors (Lipinski definition) is 4. The summed E-state index contributed by atoms with van der Waals surface area (Å²) in [5.74, 6) is 0.423. The zero-order chi connectivity index (χ0) is 12.1. The summed E-state index contributed by atoms with van der Waals surface area (Å²) >= 11 is 0. The molecule has 1 fully saturated rings. The average molecular weight is 235 g/mol. The van der Waals surface area contributed by atoms with E-state index in [1.54, 1.807) is 19.1 Å². The van der Waals surface area contributed by atoms with E-state index in [9.17, 15) is 4.79 Å². The molecule has 0 unspecified atom stereocenters. The van der Waals surface area contributed by atoms with Crippen LogP contribution in [0.15, 0.2) is 24.3 Å². The number of ether oxygens (including phenoxy) is 2. The first-order valence-electron chi connectivity index (χ1n) is 5.94. The van der Waals surface area contributed by atoms with Gasteiger partial charge >= 0.3 is 5.97 Å². The molecule has 4 nitrogen and oxygen atoms in total. The van der Waals surface area contributed by atoms with E-state index in [1.165, 1.54) is 0 Å². The van der Waals surface area contributed by atoms with Crippen molar-refractivity contribution in [1.29, 1.82) is 0 Å². The predicted octanol–water partition coefficient (Wildman–Crippen LogP) is 1.60. The Hall–Kier alpha value is -1.55. The summed E-state index contributed by atoms with van der Waals surface area (Å²) in [7, 11) is 0. The van der Waals surface area contributed by atoms with E-state index in [4.69, 9.17) is 9.47 Å². The fourth-order valence-electron chi connectivity index (χ4n) is 1.83. The molecule has 0 bridgehead atoms. The van der Waals surface area contributed by atoms with Crippen molar-refractivity contribution in [3.05, 3.63) is 29.8 Å². The van der Waals surface area contributed by atoms with Crippen molar-refractivity contribution >= 4 is 5.97 Å². The van der Waals surface area contributed by atoms with Gasteiger partial charge in [0.25, 0.3) is 0 Å². The number of hydrogen-bond donors (Lipinski definition) is 1. The molecular weight excluding hydrogens is 218 g/mol. The first-order valence-corrected chi connectivity index (χ1v) is 5.94. The van der Waals surface area contributed by atoms with E-state index in [0.717, 1.165) is 25.3 Å². The molecule has 1 N–H and O–H groups in total. The van der Waals surface area contributed by atoms with Gasteiger partial charge in [-0.25, -0.2) is 4.79 Å². The number of benzene rings is 1. The third kappa shape index (κ3) is 3.20. The molecule has 17 heavy (non-hydrogen) atoms. The molecule has 1 aliphatic heterocycles. The van der Waals surface area contributed by atoms with E-state index in [2.05, 4.69) is 5.32 Å². The standard InChI is InChI=1S/C13H17NO3/c1-2-16-13(15)10-4-3-5-11(8-10)17-12-6-7-14-9-12/h3-5,8,12,14H,2,6-7,9H2,1H3/t12-/m0/s1. The maximum Gasteiger partial charge on any atom is 0.338 e. The van der Waals surface area contributed by atoms with E-state index in [0.29, 0.717) is 12.2 Å². The second-order valence-electron chi connectivity index (χ2n) is 3.98. The molecule has 0 aliphatic carbocycles. The van der Waals surface area contributed by atoms with Crippen LogP contribution in [0.25, 0.3) is 0 Å². The Morgan fingerprint density at radius 1 is 1.53 bits per heavy atom. The highest BCUT2D eigenvalue weighted by Crippen LogP contribution is 2.17. The molecule has 92 valence electrons. The SMILES string of the molecule is CCOC(=O)c1cccc(O[C@H]2CCNC2)c1. The Morgan fingerprint density at radius 3 is 3.12 bits per heavy atom. The Balaban J connectivity index is 2.02. The van der Waals surface area contributed by atoms with E-state index in [1.807, 2.05) is 12.1 Å². The topological polar surface area (TPSA) is 47.6 Å². The molecule has 0 radical (unpaired) electrons. The first kappa shape index (κ1) is 11.9. The Morgan fingerprint density at radius 2 is 2.41 bits per heavy atom. The summed E-state index contributed by atoms with van der Waals surface area (Å²) in [5, 5.41) is 3.23. The van der Waals surface area contributed by atoms with E-state index < -0.39 is 0 Å². The van der Waals surface area contributed by atoms with Crippen LogP contribution in [-0.4, -0.2) is 31.8 Å². The zero-order valence-electron chi connectivity index (χ0n) is 9.94. The highest BCUT2D eigenvalue weighted by Gasteiger charge is 2.16. The van der Waals surface area contributed by atoms with Gasteiger partial charge < -0.3 is 14.8 Å². The van der Waals surface area contributed by atoms with Gasteiger partial charge in [0.05, 0.1) is 12.2 Å². The van der Waals surface area contributed by atoms with Crippen LogP contribution in [0.2, 0.25) is 0 Å². The molecule has 1 aromatic rings. The quantitative estimate of drug-likeness (QED) is 0.805. The highest BCUT2D eigenvalue weighted by atomic mass is 16.5. The third-order valence-corrected chi connectivity index (χ3v) is 2.66. The maximum absolute atomic E-state index is 11.5. The van der Waals surface area contributed by atoms with Gasteiger partial charge in [-0.3, -0.25) is 0 Å². The lowest BCUT2D eigenvalue weighted by Crippen LogP contribution is -2.19. The highest BCUT2D eigenvalue weighted by molar-refractivity contribution is 5.89. The Kier molecular flexibility index (Phi) is 3.98. The van der Waals surface area contributed by atoms with Gasteiger partial charge in [0.1, 0.15) is 11.9 Å². The first-order chi connectivity index (χ1) is 8.29. The van der Waals surface area contributed by atoms with Crippen LogP contribution in [0.4, 0.5) is 0 Å². The van der Waals surface area contributed by atoms with Crippen molar-refractivity contribution in [1.82, 2.24) is 5.32 Å². The molecule has 1 aromatic carbocycles. The van der Waals surface area contributed by atoms with Crippen LogP contribution >= 0.6 is 0 Å². The van der Waals surface area contributed by atoms with Crippen LogP contribution < -0.4 is 10.1 Å². The minimum atomic E-state index is -0.303. The van der Waals surface area contributed by atoms with Crippen molar-refractivity contribution in [3.8, 4) is 5.75 Å². The second-order valence-corrected chi connectivity index (χ2v) is 3.98. The number of carbonyl (C=O) groups is 1. The van der Waals surface area contributed by atoms with Crippen molar-refractivity contribution in [3.63, 3.8) is 0 Å². The van der Waals surface area contributed by atoms with Crippen molar-refractivity contribution in [2.75, 3.05) is 19.7 Å². The summed E-state index contributed by atoms with van der Waals surface area (Å²) in [6, 6.07) is 7.14. The van der Waals surface area contributed by atoms with Crippen molar-refractivity contribution in [2.24, 2.45) is 0 Å². The van der Waals surface area contributed by atoms with Crippen molar-refractivity contribution in [2.45, 2.75) is 19.4 Å². The van der Waals surface area contributed by atoms with Gasteiger partial charge in [-0.15, -0.1) is 0 Å². The average Bonchev–Trinajstić information content (AvgIpc) is 2.82. The molecule has 1 aliphatic rings. The van der Waals surface area contributed by atoms with Gasteiger partial charge in [-0.05, 0) is 38.1 Å². The summed E-state index contributed by atoms with van der Waals surface area (Å²) in [4.78, 5) is 11.5. The molecular formula is C13H17NO3. The van der Waals surface area contributed by atoms with Gasteiger partial charge in [0, 0.05) is 6.54 Å². The lowest BCUT2D eigenvalue weighted by Gasteiger charge is -2.12. The smallest absolute Gasteiger partial charge is 0.338 e. The van der Waals surface area contributed by atoms with Crippen LogP contribution in [0.3, 0.4) is 0 Å². The second kappa shape index (κ2) is 5.68. The van der Waals surface area contributed by atoms with Crippen LogP contribution in [-0.2, 0) is 4.74 Å². The molecule has 1 atom stereocenters. The Bertz CT molecular complexity index is 386. The molecule has 1 heterocycles. The van der Waals surface area contributed by atoms with Crippen LogP contribution in [0.1, 0.15) is 23.7 Å². The van der Waals surface area contributed by atoms with Crippen LogP contribution in [0, 0.1) is 0 Å². The van der Waals surface area contributed by atoms with Crippen LogP contribution in [0.5, 0.6) is 5.75 Å². The number of esters is 1.